The van der Waals surface area contributed by atoms with Crippen molar-refractivity contribution in [2.45, 2.75) is 11.8 Å². The summed E-state index contributed by atoms with van der Waals surface area (Å²) >= 11 is 11.7. The molecular weight excluding hydrogens is 269 g/mol. The summed E-state index contributed by atoms with van der Waals surface area (Å²) in [6.07, 6.45) is 0.206. The highest BCUT2D eigenvalue weighted by atomic mass is 35.5. The third kappa shape index (κ3) is 2.99. The fraction of sp³-hybridized carbons (Fsp3) is 0.167. The Morgan fingerprint density at radius 2 is 1.94 bits per heavy atom. The van der Waals surface area contributed by atoms with Gasteiger partial charge in [-0.25, -0.2) is 8.78 Å². The first-order valence-electron chi connectivity index (χ1n) is 4.89. The first-order chi connectivity index (χ1) is 8.06. The second-order valence-corrected chi connectivity index (χ2v) is 4.45. The molecule has 0 aliphatic heterocycles. The minimum absolute atomic E-state index is 0.206. The Balaban J connectivity index is 2.15. The molecule has 2 aromatic rings. The standard InChI is InChI=1S/C12H8Cl2F2O/c13-9(11-3-4-12(14)17-11)5-7-1-2-8(15)6-10(7)16/h1-4,6,9H,5H2. The maximum Gasteiger partial charge on any atom is 0.193 e. The molecule has 5 heteroatoms. The van der Waals surface area contributed by atoms with E-state index >= 15 is 0 Å². The van der Waals surface area contributed by atoms with E-state index in [0.717, 1.165) is 6.07 Å². The van der Waals surface area contributed by atoms with E-state index < -0.39 is 17.0 Å². The molecule has 1 nitrogen and oxygen atoms in total. The third-order valence-corrected chi connectivity index (χ3v) is 2.89. The maximum atomic E-state index is 13.4. The smallest absolute Gasteiger partial charge is 0.193 e. The van der Waals surface area contributed by atoms with Crippen LogP contribution in [0.3, 0.4) is 0 Å². The second kappa shape index (κ2) is 5.07. The zero-order chi connectivity index (χ0) is 12.4. The van der Waals surface area contributed by atoms with Crippen LogP contribution in [0.1, 0.15) is 16.7 Å². The lowest BCUT2D eigenvalue weighted by Crippen LogP contribution is -1.98. The molecule has 0 aliphatic carbocycles. The van der Waals surface area contributed by atoms with Crippen molar-refractivity contribution in [3.63, 3.8) is 0 Å². The van der Waals surface area contributed by atoms with Gasteiger partial charge in [-0.05, 0) is 41.8 Å². The summed E-state index contributed by atoms with van der Waals surface area (Å²) in [5.41, 5.74) is 0.332. The van der Waals surface area contributed by atoms with Gasteiger partial charge in [0.15, 0.2) is 5.22 Å². The molecule has 1 aromatic carbocycles. The van der Waals surface area contributed by atoms with Crippen LogP contribution in [0.15, 0.2) is 34.7 Å². The quantitative estimate of drug-likeness (QED) is 0.739. The fourth-order valence-electron chi connectivity index (χ4n) is 1.48. The molecule has 0 fully saturated rings. The first-order valence-corrected chi connectivity index (χ1v) is 5.71. The molecule has 1 aromatic heterocycles. The number of furan rings is 1. The van der Waals surface area contributed by atoms with Crippen LogP contribution in [0.4, 0.5) is 8.78 Å². The Bertz CT molecular complexity index is 525. The van der Waals surface area contributed by atoms with Gasteiger partial charge in [-0.1, -0.05) is 6.07 Å². The van der Waals surface area contributed by atoms with Crippen LogP contribution in [-0.2, 0) is 6.42 Å². The predicted molar refractivity (Wildman–Crippen MR) is 62.4 cm³/mol. The lowest BCUT2D eigenvalue weighted by Gasteiger charge is -2.07. The lowest BCUT2D eigenvalue weighted by molar-refractivity contribution is 0.500. The van der Waals surface area contributed by atoms with Crippen molar-refractivity contribution in [3.8, 4) is 0 Å². The van der Waals surface area contributed by atoms with Gasteiger partial charge in [0, 0.05) is 6.07 Å². The summed E-state index contributed by atoms with van der Waals surface area (Å²) < 4.78 is 31.2. The van der Waals surface area contributed by atoms with E-state index in [4.69, 9.17) is 27.6 Å². The molecule has 0 saturated carbocycles. The van der Waals surface area contributed by atoms with Gasteiger partial charge in [-0.3, -0.25) is 0 Å². The fourth-order valence-corrected chi connectivity index (χ4v) is 1.91. The second-order valence-electron chi connectivity index (χ2n) is 3.55. The maximum absolute atomic E-state index is 13.4. The summed E-state index contributed by atoms with van der Waals surface area (Å²) in [6, 6.07) is 6.57. The first kappa shape index (κ1) is 12.4. The highest BCUT2D eigenvalue weighted by molar-refractivity contribution is 6.29. The van der Waals surface area contributed by atoms with Crippen molar-refractivity contribution in [1.29, 1.82) is 0 Å². The van der Waals surface area contributed by atoms with E-state index in [2.05, 4.69) is 0 Å². The Kier molecular flexibility index (Phi) is 3.69. The van der Waals surface area contributed by atoms with Crippen LogP contribution in [0, 0.1) is 11.6 Å². The molecule has 0 spiro atoms. The number of rotatable bonds is 3. The van der Waals surface area contributed by atoms with Crippen LogP contribution < -0.4 is 0 Å². The minimum atomic E-state index is -0.617. The van der Waals surface area contributed by atoms with Gasteiger partial charge in [0.2, 0.25) is 0 Å². The highest BCUT2D eigenvalue weighted by Crippen LogP contribution is 2.29. The van der Waals surface area contributed by atoms with Crippen molar-refractivity contribution in [2.75, 3.05) is 0 Å². The van der Waals surface area contributed by atoms with Gasteiger partial charge >= 0.3 is 0 Å². The summed E-state index contributed by atoms with van der Waals surface area (Å²) in [4.78, 5) is 0. The normalized spacial score (nSPS) is 12.7. The molecule has 0 bridgehead atoms. The summed E-state index contributed by atoms with van der Waals surface area (Å²) in [7, 11) is 0. The molecule has 1 atom stereocenters. The molecule has 1 heterocycles. The number of benzene rings is 1. The predicted octanol–water partition coefficient (Wildman–Crippen LogP) is 4.73. The van der Waals surface area contributed by atoms with Crippen LogP contribution in [0.25, 0.3) is 0 Å². The van der Waals surface area contributed by atoms with Crippen molar-refractivity contribution in [1.82, 2.24) is 0 Å². The SMILES string of the molecule is Fc1ccc(CC(Cl)c2ccc(Cl)o2)c(F)c1. The monoisotopic (exact) mass is 276 g/mol. The van der Waals surface area contributed by atoms with Gasteiger partial charge in [0.25, 0.3) is 0 Å². The Morgan fingerprint density at radius 3 is 2.53 bits per heavy atom. The van der Waals surface area contributed by atoms with Crippen LogP contribution in [0.2, 0.25) is 5.22 Å². The molecule has 17 heavy (non-hydrogen) atoms. The number of hydrogen-bond acceptors (Lipinski definition) is 1. The summed E-state index contributed by atoms with van der Waals surface area (Å²) in [6.45, 7) is 0. The molecular formula is C12H8Cl2F2O. The van der Waals surface area contributed by atoms with E-state index in [-0.39, 0.29) is 11.6 Å². The van der Waals surface area contributed by atoms with Crippen LogP contribution in [0.5, 0.6) is 0 Å². The average molecular weight is 277 g/mol. The van der Waals surface area contributed by atoms with E-state index in [1.54, 1.807) is 12.1 Å². The van der Waals surface area contributed by atoms with Crippen molar-refractivity contribution in [2.24, 2.45) is 0 Å². The summed E-state index contributed by atoms with van der Waals surface area (Å²) in [5, 5.41) is -0.312. The van der Waals surface area contributed by atoms with E-state index in [1.165, 1.54) is 12.1 Å². The zero-order valence-electron chi connectivity index (χ0n) is 8.59. The molecule has 0 N–H and O–H groups in total. The Hall–Kier alpha value is -1.06. The topological polar surface area (TPSA) is 13.1 Å². The molecule has 0 radical (unpaired) electrons. The van der Waals surface area contributed by atoms with Gasteiger partial charge < -0.3 is 4.42 Å². The van der Waals surface area contributed by atoms with E-state index in [1.807, 2.05) is 0 Å². The van der Waals surface area contributed by atoms with Gasteiger partial charge in [0.1, 0.15) is 17.4 Å². The third-order valence-electron chi connectivity index (χ3n) is 2.32. The Labute approximate surface area is 107 Å². The van der Waals surface area contributed by atoms with E-state index in [0.29, 0.717) is 11.3 Å². The van der Waals surface area contributed by atoms with Crippen molar-refractivity contribution >= 4 is 23.2 Å². The number of alkyl halides is 1. The van der Waals surface area contributed by atoms with Gasteiger partial charge in [-0.2, -0.15) is 0 Å². The van der Waals surface area contributed by atoms with Gasteiger partial charge in [-0.15, -0.1) is 11.6 Å². The lowest BCUT2D eigenvalue weighted by atomic mass is 10.1. The highest BCUT2D eigenvalue weighted by Gasteiger charge is 2.15. The molecule has 2 rings (SSSR count). The van der Waals surface area contributed by atoms with Crippen LogP contribution in [-0.4, -0.2) is 0 Å². The molecule has 1 unspecified atom stereocenters. The molecule has 0 amide bonds. The van der Waals surface area contributed by atoms with Crippen molar-refractivity contribution in [3.05, 3.63) is 58.5 Å². The molecule has 0 saturated heterocycles. The average Bonchev–Trinajstić information content (AvgIpc) is 2.69. The van der Waals surface area contributed by atoms with Crippen LogP contribution >= 0.6 is 23.2 Å². The van der Waals surface area contributed by atoms with Crippen molar-refractivity contribution < 1.29 is 13.2 Å². The van der Waals surface area contributed by atoms with Gasteiger partial charge in [0.05, 0.1) is 5.38 Å². The summed E-state index contributed by atoms with van der Waals surface area (Å²) in [5.74, 6) is -0.771. The zero-order valence-corrected chi connectivity index (χ0v) is 10.1. The Morgan fingerprint density at radius 1 is 1.18 bits per heavy atom. The minimum Gasteiger partial charge on any atom is -0.448 e. The molecule has 90 valence electrons. The van der Waals surface area contributed by atoms with E-state index in [9.17, 15) is 8.78 Å². The number of halogens is 4. The molecule has 0 aliphatic rings. The largest absolute Gasteiger partial charge is 0.448 e. The number of hydrogen-bond donors (Lipinski definition) is 0.